The van der Waals surface area contributed by atoms with E-state index in [0.717, 1.165) is 12.1 Å². The Bertz CT molecular complexity index is 768. The van der Waals surface area contributed by atoms with Crippen LogP contribution in [-0.4, -0.2) is 26.8 Å². The molecule has 2 N–H and O–H groups in total. The summed E-state index contributed by atoms with van der Waals surface area (Å²) >= 11 is 0. The van der Waals surface area contributed by atoms with Crippen LogP contribution in [-0.2, 0) is 10.3 Å². The van der Waals surface area contributed by atoms with Crippen molar-refractivity contribution in [3.8, 4) is 0 Å². The van der Waals surface area contributed by atoms with Crippen molar-refractivity contribution in [3.63, 3.8) is 0 Å². The van der Waals surface area contributed by atoms with Gasteiger partial charge in [0.15, 0.2) is 5.54 Å². The van der Waals surface area contributed by atoms with Crippen LogP contribution < -0.4 is 5.32 Å². The first-order chi connectivity index (χ1) is 11.2. The van der Waals surface area contributed by atoms with Crippen molar-refractivity contribution in [1.29, 1.82) is 0 Å². The van der Waals surface area contributed by atoms with Gasteiger partial charge < -0.3 is 10.4 Å². The van der Waals surface area contributed by atoms with Gasteiger partial charge in [-0.15, -0.1) is 0 Å². The van der Waals surface area contributed by atoms with Gasteiger partial charge in [0.25, 0.3) is 5.91 Å². The van der Waals surface area contributed by atoms with Gasteiger partial charge in [-0.2, -0.15) is 5.10 Å². The number of hydrogen-bond acceptors (Lipinski definition) is 3. The summed E-state index contributed by atoms with van der Waals surface area (Å²) in [6.45, 7) is 6.98. The zero-order chi connectivity index (χ0) is 18.1. The van der Waals surface area contributed by atoms with E-state index in [1.807, 2.05) is 13.8 Å². The Labute approximate surface area is 139 Å². The number of amides is 1. The van der Waals surface area contributed by atoms with Crippen LogP contribution in [0.5, 0.6) is 0 Å². The molecule has 0 saturated heterocycles. The third-order valence-electron chi connectivity index (χ3n) is 3.99. The van der Waals surface area contributed by atoms with Crippen molar-refractivity contribution in [3.05, 3.63) is 53.1 Å². The van der Waals surface area contributed by atoms with Gasteiger partial charge in [0.1, 0.15) is 5.82 Å². The molecule has 1 atom stereocenters. The molecular formula is C17H20FN3O3. The average molecular weight is 333 g/mol. The monoisotopic (exact) mass is 333 g/mol. The second kappa shape index (κ2) is 6.43. The first kappa shape index (κ1) is 17.7. The number of rotatable bonds is 5. The highest BCUT2D eigenvalue weighted by Gasteiger charge is 2.37. The fraction of sp³-hybridized carbons (Fsp3) is 0.353. The number of hydrogen-bond donors (Lipinski definition) is 2. The Morgan fingerprint density at radius 1 is 1.29 bits per heavy atom. The summed E-state index contributed by atoms with van der Waals surface area (Å²) < 4.78 is 14.8. The second-order valence-electron chi connectivity index (χ2n) is 6.07. The standard InChI is InChI=1S/C17H20FN3O3/c1-10(2)21-11(3)14(9-19-21)15(22)20-17(4,16(23)24)12-5-7-13(18)8-6-12/h5-10H,1-4H3,(H,20,22)(H,23,24). The Hall–Kier alpha value is -2.70. The lowest BCUT2D eigenvalue weighted by Crippen LogP contribution is -2.49. The summed E-state index contributed by atoms with van der Waals surface area (Å²) in [5, 5.41) is 16.3. The van der Waals surface area contributed by atoms with Crippen LogP contribution in [0.2, 0.25) is 0 Å². The summed E-state index contributed by atoms with van der Waals surface area (Å²) in [5.41, 5.74) is -0.455. The largest absolute Gasteiger partial charge is 0.479 e. The summed E-state index contributed by atoms with van der Waals surface area (Å²) in [4.78, 5) is 24.3. The quantitative estimate of drug-likeness (QED) is 0.881. The normalized spacial score (nSPS) is 13.6. The van der Waals surface area contributed by atoms with Crippen LogP contribution in [0.25, 0.3) is 0 Å². The smallest absolute Gasteiger partial charge is 0.333 e. The molecule has 0 aliphatic rings. The van der Waals surface area contributed by atoms with Crippen LogP contribution >= 0.6 is 0 Å². The topological polar surface area (TPSA) is 84.2 Å². The molecule has 1 aromatic carbocycles. The Morgan fingerprint density at radius 3 is 2.33 bits per heavy atom. The average Bonchev–Trinajstić information content (AvgIpc) is 2.89. The van der Waals surface area contributed by atoms with Crippen molar-refractivity contribution in [1.82, 2.24) is 15.1 Å². The Kier molecular flexibility index (Phi) is 4.73. The minimum absolute atomic E-state index is 0.0782. The fourth-order valence-corrected chi connectivity index (χ4v) is 2.49. The molecule has 1 unspecified atom stereocenters. The summed E-state index contributed by atoms with van der Waals surface area (Å²) in [6.07, 6.45) is 1.41. The van der Waals surface area contributed by atoms with Crippen molar-refractivity contribution >= 4 is 11.9 Å². The molecule has 0 spiro atoms. The van der Waals surface area contributed by atoms with Gasteiger partial charge in [0.2, 0.25) is 0 Å². The highest BCUT2D eigenvalue weighted by atomic mass is 19.1. The van der Waals surface area contributed by atoms with E-state index >= 15 is 0 Å². The van der Waals surface area contributed by atoms with E-state index in [-0.39, 0.29) is 11.6 Å². The van der Waals surface area contributed by atoms with E-state index in [0.29, 0.717) is 11.3 Å². The number of benzene rings is 1. The number of halogens is 1. The summed E-state index contributed by atoms with van der Waals surface area (Å²) in [7, 11) is 0. The molecule has 0 aliphatic heterocycles. The first-order valence-electron chi connectivity index (χ1n) is 7.53. The Morgan fingerprint density at radius 2 is 1.88 bits per heavy atom. The molecule has 24 heavy (non-hydrogen) atoms. The van der Waals surface area contributed by atoms with Crippen LogP contribution in [0, 0.1) is 12.7 Å². The molecule has 0 bridgehead atoms. The van der Waals surface area contributed by atoms with Crippen molar-refractivity contribution in [2.45, 2.75) is 39.3 Å². The molecule has 2 rings (SSSR count). The SMILES string of the molecule is Cc1c(C(=O)NC(C)(C(=O)O)c2ccc(F)cc2)cnn1C(C)C. The molecule has 1 amide bonds. The number of carbonyl (C=O) groups excluding carboxylic acids is 1. The van der Waals surface area contributed by atoms with Crippen LogP contribution in [0.3, 0.4) is 0 Å². The molecule has 7 heteroatoms. The summed E-state index contributed by atoms with van der Waals surface area (Å²) in [6, 6.07) is 5.08. The minimum Gasteiger partial charge on any atom is -0.479 e. The molecule has 128 valence electrons. The number of carboxylic acid groups (broad SMARTS) is 1. The van der Waals surface area contributed by atoms with E-state index in [2.05, 4.69) is 10.4 Å². The van der Waals surface area contributed by atoms with Crippen molar-refractivity contribution < 1.29 is 19.1 Å². The third kappa shape index (κ3) is 3.15. The van der Waals surface area contributed by atoms with Gasteiger partial charge in [0.05, 0.1) is 11.8 Å². The first-order valence-corrected chi connectivity index (χ1v) is 7.53. The molecule has 0 aliphatic carbocycles. The molecule has 2 aromatic rings. The highest BCUT2D eigenvalue weighted by Crippen LogP contribution is 2.23. The molecule has 6 nitrogen and oxygen atoms in total. The predicted molar refractivity (Wildman–Crippen MR) is 86.2 cm³/mol. The van der Waals surface area contributed by atoms with Crippen molar-refractivity contribution in [2.75, 3.05) is 0 Å². The van der Waals surface area contributed by atoms with Gasteiger partial charge in [-0.25, -0.2) is 9.18 Å². The van der Waals surface area contributed by atoms with E-state index in [1.165, 1.54) is 25.3 Å². The zero-order valence-electron chi connectivity index (χ0n) is 14.0. The summed E-state index contributed by atoms with van der Waals surface area (Å²) in [5.74, 6) is -2.27. The van der Waals surface area contributed by atoms with E-state index < -0.39 is 23.2 Å². The molecule has 1 aromatic heterocycles. The lowest BCUT2D eigenvalue weighted by Gasteiger charge is -2.26. The van der Waals surface area contributed by atoms with E-state index in [9.17, 15) is 19.1 Å². The third-order valence-corrected chi connectivity index (χ3v) is 3.99. The maximum atomic E-state index is 13.1. The molecule has 1 heterocycles. The second-order valence-corrected chi connectivity index (χ2v) is 6.07. The van der Waals surface area contributed by atoms with Gasteiger partial charge in [0, 0.05) is 11.7 Å². The molecular weight excluding hydrogens is 313 g/mol. The van der Waals surface area contributed by atoms with E-state index in [4.69, 9.17) is 0 Å². The number of carboxylic acids is 1. The van der Waals surface area contributed by atoms with Crippen LogP contribution in [0.4, 0.5) is 4.39 Å². The van der Waals surface area contributed by atoms with Gasteiger partial charge in [-0.05, 0) is 45.4 Å². The highest BCUT2D eigenvalue weighted by molar-refractivity contribution is 5.98. The Balaban J connectivity index is 2.36. The number of carbonyl (C=O) groups is 2. The van der Waals surface area contributed by atoms with Gasteiger partial charge in [-0.3, -0.25) is 9.48 Å². The molecule has 0 radical (unpaired) electrons. The van der Waals surface area contributed by atoms with Gasteiger partial charge >= 0.3 is 5.97 Å². The zero-order valence-corrected chi connectivity index (χ0v) is 14.0. The number of aromatic nitrogens is 2. The lowest BCUT2D eigenvalue weighted by molar-refractivity contribution is -0.144. The van der Waals surface area contributed by atoms with Gasteiger partial charge in [-0.1, -0.05) is 12.1 Å². The van der Waals surface area contributed by atoms with Crippen LogP contribution in [0.15, 0.2) is 30.5 Å². The van der Waals surface area contributed by atoms with Crippen molar-refractivity contribution in [2.24, 2.45) is 0 Å². The van der Waals surface area contributed by atoms with Crippen LogP contribution in [0.1, 0.15) is 48.4 Å². The number of aliphatic carboxylic acids is 1. The minimum atomic E-state index is -1.68. The van der Waals surface area contributed by atoms with E-state index in [1.54, 1.807) is 11.6 Å². The predicted octanol–water partition coefficient (Wildman–Crippen LogP) is 2.64. The molecule has 0 saturated carbocycles. The number of nitrogens with one attached hydrogen (secondary N) is 1. The fourth-order valence-electron chi connectivity index (χ4n) is 2.49. The molecule has 0 fully saturated rings. The maximum Gasteiger partial charge on any atom is 0.333 e. The lowest BCUT2D eigenvalue weighted by atomic mass is 9.91. The number of nitrogens with zero attached hydrogens (tertiary/aromatic N) is 2. The maximum absolute atomic E-state index is 13.1.